The SMILES string of the molecule is CC(Cc1cccc(F)c1)N1CCOCC1C(=O)O. The number of ether oxygens (including phenoxy) is 1. The number of halogens is 1. The monoisotopic (exact) mass is 267 g/mol. The highest BCUT2D eigenvalue weighted by atomic mass is 19.1. The molecule has 19 heavy (non-hydrogen) atoms. The maximum atomic E-state index is 13.1. The maximum absolute atomic E-state index is 13.1. The predicted octanol–water partition coefficient (Wildman–Crippen LogP) is 1.54. The summed E-state index contributed by atoms with van der Waals surface area (Å²) in [4.78, 5) is 13.1. The van der Waals surface area contributed by atoms with Crippen LogP contribution in [0.15, 0.2) is 24.3 Å². The lowest BCUT2D eigenvalue weighted by Crippen LogP contribution is -2.54. The highest BCUT2D eigenvalue weighted by Crippen LogP contribution is 2.16. The van der Waals surface area contributed by atoms with E-state index in [-0.39, 0.29) is 18.5 Å². The minimum atomic E-state index is -0.870. The number of benzene rings is 1. The van der Waals surface area contributed by atoms with Crippen molar-refractivity contribution in [2.24, 2.45) is 0 Å². The van der Waals surface area contributed by atoms with Crippen LogP contribution < -0.4 is 0 Å². The Labute approximate surface area is 111 Å². The van der Waals surface area contributed by atoms with E-state index in [1.807, 2.05) is 17.9 Å². The summed E-state index contributed by atoms with van der Waals surface area (Å²) in [5.74, 6) is -1.13. The first-order valence-electron chi connectivity index (χ1n) is 6.38. The Morgan fingerprint density at radius 1 is 1.63 bits per heavy atom. The molecule has 1 saturated heterocycles. The number of hydrogen-bond donors (Lipinski definition) is 1. The Bertz CT molecular complexity index is 452. The van der Waals surface area contributed by atoms with Crippen molar-refractivity contribution in [3.63, 3.8) is 0 Å². The summed E-state index contributed by atoms with van der Waals surface area (Å²) in [5, 5.41) is 9.19. The van der Waals surface area contributed by atoms with Gasteiger partial charge in [-0.2, -0.15) is 0 Å². The van der Waals surface area contributed by atoms with Gasteiger partial charge in [-0.1, -0.05) is 12.1 Å². The maximum Gasteiger partial charge on any atom is 0.323 e. The molecule has 0 saturated carbocycles. The van der Waals surface area contributed by atoms with Crippen LogP contribution in [0.5, 0.6) is 0 Å². The number of rotatable bonds is 4. The van der Waals surface area contributed by atoms with Crippen LogP contribution in [0.2, 0.25) is 0 Å². The topological polar surface area (TPSA) is 49.8 Å². The minimum Gasteiger partial charge on any atom is -0.480 e. The van der Waals surface area contributed by atoms with Crippen LogP contribution in [-0.4, -0.2) is 47.8 Å². The molecule has 0 aromatic heterocycles. The second-order valence-corrected chi connectivity index (χ2v) is 4.85. The zero-order valence-corrected chi connectivity index (χ0v) is 10.9. The van der Waals surface area contributed by atoms with Crippen LogP contribution in [-0.2, 0) is 16.0 Å². The Morgan fingerprint density at radius 2 is 2.42 bits per heavy atom. The van der Waals surface area contributed by atoms with E-state index < -0.39 is 12.0 Å². The Balaban J connectivity index is 2.05. The molecule has 0 spiro atoms. The molecule has 1 aliphatic rings. The van der Waals surface area contributed by atoms with Crippen molar-refractivity contribution in [2.45, 2.75) is 25.4 Å². The van der Waals surface area contributed by atoms with E-state index in [9.17, 15) is 14.3 Å². The molecule has 0 amide bonds. The molecule has 2 atom stereocenters. The Morgan fingerprint density at radius 3 is 3.11 bits per heavy atom. The summed E-state index contributed by atoms with van der Waals surface area (Å²) >= 11 is 0. The van der Waals surface area contributed by atoms with Gasteiger partial charge in [-0.3, -0.25) is 9.69 Å². The fourth-order valence-corrected chi connectivity index (χ4v) is 2.48. The highest BCUT2D eigenvalue weighted by molar-refractivity contribution is 5.73. The van der Waals surface area contributed by atoms with E-state index in [4.69, 9.17) is 4.74 Å². The molecule has 0 bridgehead atoms. The number of carbonyl (C=O) groups is 1. The third-order valence-electron chi connectivity index (χ3n) is 3.44. The summed E-state index contributed by atoms with van der Waals surface area (Å²) < 4.78 is 18.3. The molecule has 2 unspecified atom stereocenters. The van der Waals surface area contributed by atoms with Gasteiger partial charge in [0.2, 0.25) is 0 Å². The summed E-state index contributed by atoms with van der Waals surface area (Å²) in [7, 11) is 0. The Kier molecular flexibility index (Phi) is 4.50. The molecule has 1 fully saturated rings. The van der Waals surface area contributed by atoms with Crippen molar-refractivity contribution in [3.8, 4) is 0 Å². The molecule has 1 aromatic carbocycles. The first-order chi connectivity index (χ1) is 9.08. The average molecular weight is 267 g/mol. The molecule has 104 valence electrons. The number of carboxylic acid groups (broad SMARTS) is 1. The number of aliphatic carboxylic acids is 1. The largest absolute Gasteiger partial charge is 0.480 e. The van der Waals surface area contributed by atoms with Crippen molar-refractivity contribution < 1.29 is 19.0 Å². The summed E-state index contributed by atoms with van der Waals surface area (Å²) in [6.45, 7) is 3.31. The minimum absolute atomic E-state index is 0.0341. The number of hydrogen-bond acceptors (Lipinski definition) is 3. The van der Waals surface area contributed by atoms with Crippen LogP contribution in [0.4, 0.5) is 4.39 Å². The van der Waals surface area contributed by atoms with Crippen LogP contribution >= 0.6 is 0 Å². The third kappa shape index (κ3) is 3.52. The van der Waals surface area contributed by atoms with Gasteiger partial charge in [0.15, 0.2) is 0 Å². The van der Waals surface area contributed by atoms with Crippen LogP contribution in [0.3, 0.4) is 0 Å². The fourth-order valence-electron chi connectivity index (χ4n) is 2.48. The first-order valence-corrected chi connectivity index (χ1v) is 6.38. The number of carboxylic acids is 1. The molecule has 2 rings (SSSR count). The number of nitrogens with zero attached hydrogens (tertiary/aromatic N) is 1. The smallest absolute Gasteiger partial charge is 0.323 e. The van der Waals surface area contributed by atoms with Gasteiger partial charge in [0, 0.05) is 12.6 Å². The quantitative estimate of drug-likeness (QED) is 0.899. The molecule has 5 heteroatoms. The summed E-state index contributed by atoms with van der Waals surface area (Å²) in [6, 6.07) is 5.85. The van der Waals surface area contributed by atoms with Gasteiger partial charge in [-0.25, -0.2) is 4.39 Å². The van der Waals surface area contributed by atoms with Gasteiger partial charge >= 0.3 is 5.97 Å². The van der Waals surface area contributed by atoms with Crippen LogP contribution in [0.1, 0.15) is 12.5 Å². The molecule has 1 heterocycles. The second-order valence-electron chi connectivity index (χ2n) is 4.85. The molecule has 1 aromatic rings. The van der Waals surface area contributed by atoms with Crippen molar-refractivity contribution in [3.05, 3.63) is 35.6 Å². The van der Waals surface area contributed by atoms with E-state index in [0.717, 1.165) is 5.56 Å². The van der Waals surface area contributed by atoms with Crippen molar-refractivity contribution in [2.75, 3.05) is 19.8 Å². The van der Waals surface area contributed by atoms with E-state index in [2.05, 4.69) is 0 Å². The average Bonchev–Trinajstić information content (AvgIpc) is 2.38. The van der Waals surface area contributed by atoms with E-state index >= 15 is 0 Å². The van der Waals surface area contributed by atoms with Gasteiger partial charge in [-0.15, -0.1) is 0 Å². The second kappa shape index (κ2) is 6.12. The van der Waals surface area contributed by atoms with Gasteiger partial charge in [-0.05, 0) is 31.0 Å². The molecule has 0 radical (unpaired) electrons. The molecule has 4 nitrogen and oxygen atoms in total. The molecular weight excluding hydrogens is 249 g/mol. The third-order valence-corrected chi connectivity index (χ3v) is 3.44. The van der Waals surface area contributed by atoms with Crippen molar-refractivity contribution in [1.29, 1.82) is 0 Å². The lowest BCUT2D eigenvalue weighted by atomic mass is 10.0. The zero-order valence-electron chi connectivity index (χ0n) is 10.9. The van der Waals surface area contributed by atoms with Gasteiger partial charge in [0.05, 0.1) is 13.2 Å². The zero-order chi connectivity index (χ0) is 13.8. The van der Waals surface area contributed by atoms with Crippen molar-refractivity contribution >= 4 is 5.97 Å². The normalized spacial score (nSPS) is 22.1. The van der Waals surface area contributed by atoms with E-state index in [0.29, 0.717) is 19.6 Å². The number of morpholine rings is 1. The van der Waals surface area contributed by atoms with Crippen LogP contribution in [0.25, 0.3) is 0 Å². The molecular formula is C14H18FNO3. The van der Waals surface area contributed by atoms with Gasteiger partial charge in [0.25, 0.3) is 0 Å². The van der Waals surface area contributed by atoms with Gasteiger partial charge < -0.3 is 9.84 Å². The standard InChI is InChI=1S/C14H18FNO3/c1-10(7-11-3-2-4-12(15)8-11)16-5-6-19-9-13(16)14(17)18/h2-4,8,10,13H,5-7,9H2,1H3,(H,17,18). The Hall–Kier alpha value is -1.46. The first kappa shape index (κ1) is 14.0. The van der Waals surface area contributed by atoms with Gasteiger partial charge in [0.1, 0.15) is 11.9 Å². The molecule has 0 aliphatic carbocycles. The molecule has 1 aliphatic heterocycles. The summed E-state index contributed by atoms with van der Waals surface area (Å²) in [5.41, 5.74) is 0.878. The lowest BCUT2D eigenvalue weighted by molar-refractivity contribution is -0.151. The predicted molar refractivity (Wildman–Crippen MR) is 68.5 cm³/mol. The molecule has 1 N–H and O–H groups in total. The van der Waals surface area contributed by atoms with Crippen LogP contribution in [0, 0.1) is 5.82 Å². The summed E-state index contributed by atoms with van der Waals surface area (Å²) in [6.07, 6.45) is 0.627. The lowest BCUT2D eigenvalue weighted by Gasteiger charge is -2.37. The fraction of sp³-hybridized carbons (Fsp3) is 0.500. The highest BCUT2D eigenvalue weighted by Gasteiger charge is 2.32. The van der Waals surface area contributed by atoms with E-state index in [1.54, 1.807) is 6.07 Å². The van der Waals surface area contributed by atoms with Crippen molar-refractivity contribution in [1.82, 2.24) is 4.90 Å². The van der Waals surface area contributed by atoms with E-state index in [1.165, 1.54) is 12.1 Å².